The number of hydrogen-bond donors (Lipinski definition) is 2. The molecular formula is C24H24Cl4N2O2. The van der Waals surface area contributed by atoms with Gasteiger partial charge < -0.3 is 10.6 Å². The minimum absolute atomic E-state index is 0.181. The van der Waals surface area contributed by atoms with Crippen molar-refractivity contribution in [2.24, 2.45) is 0 Å². The third-order valence-electron chi connectivity index (χ3n) is 4.49. The van der Waals surface area contributed by atoms with E-state index < -0.39 is 0 Å². The lowest BCUT2D eigenvalue weighted by Crippen LogP contribution is -2.23. The van der Waals surface area contributed by atoms with Crippen LogP contribution in [0.2, 0.25) is 20.1 Å². The van der Waals surface area contributed by atoms with Gasteiger partial charge in [-0.2, -0.15) is 0 Å². The molecule has 0 heterocycles. The zero-order chi connectivity index (χ0) is 23.3. The topological polar surface area (TPSA) is 58.2 Å². The predicted molar refractivity (Wildman–Crippen MR) is 135 cm³/mol. The summed E-state index contributed by atoms with van der Waals surface area (Å²) in [7, 11) is 0. The number of unbranched alkanes of at least 4 members (excludes halogenated alkanes) is 3. The van der Waals surface area contributed by atoms with E-state index in [1.807, 2.05) is 0 Å². The van der Waals surface area contributed by atoms with Crippen LogP contribution in [0.4, 0.5) is 0 Å². The molecule has 170 valence electrons. The van der Waals surface area contributed by atoms with Gasteiger partial charge in [0.05, 0.1) is 20.1 Å². The van der Waals surface area contributed by atoms with Crippen LogP contribution >= 0.6 is 46.4 Å². The highest BCUT2D eigenvalue weighted by atomic mass is 35.5. The Kier molecular flexibility index (Phi) is 11.7. The highest BCUT2D eigenvalue weighted by Gasteiger charge is 2.03. The Morgan fingerprint density at radius 2 is 1.06 bits per heavy atom. The van der Waals surface area contributed by atoms with E-state index in [-0.39, 0.29) is 11.8 Å². The summed E-state index contributed by atoms with van der Waals surface area (Å²) in [4.78, 5) is 23.8. The maximum absolute atomic E-state index is 11.9. The van der Waals surface area contributed by atoms with Crippen LogP contribution in [0.15, 0.2) is 48.6 Å². The minimum Gasteiger partial charge on any atom is -0.353 e. The number of rotatable bonds is 11. The summed E-state index contributed by atoms with van der Waals surface area (Å²) in [6.07, 6.45) is 9.79. The van der Waals surface area contributed by atoms with E-state index in [9.17, 15) is 9.59 Å². The molecule has 32 heavy (non-hydrogen) atoms. The van der Waals surface area contributed by atoms with Gasteiger partial charge in [0.15, 0.2) is 0 Å². The van der Waals surface area contributed by atoms with Crippen molar-refractivity contribution in [2.75, 3.05) is 13.1 Å². The van der Waals surface area contributed by atoms with Crippen LogP contribution in [-0.4, -0.2) is 24.9 Å². The molecule has 2 N–H and O–H groups in total. The summed E-state index contributed by atoms with van der Waals surface area (Å²) in [6, 6.07) is 10.5. The third-order valence-corrected chi connectivity index (χ3v) is 6.16. The average molecular weight is 514 g/mol. The molecule has 0 atom stereocenters. The Hall–Kier alpha value is -1.98. The number of benzene rings is 2. The smallest absolute Gasteiger partial charge is 0.243 e. The fraction of sp³-hybridized carbons (Fsp3) is 0.250. The number of carbonyl (C=O) groups is 2. The van der Waals surface area contributed by atoms with Gasteiger partial charge in [-0.3, -0.25) is 9.59 Å². The average Bonchev–Trinajstić information content (AvgIpc) is 2.77. The van der Waals surface area contributed by atoms with Crippen LogP contribution in [-0.2, 0) is 9.59 Å². The van der Waals surface area contributed by atoms with E-state index in [1.165, 1.54) is 12.2 Å². The first kappa shape index (κ1) is 26.3. The highest BCUT2D eigenvalue weighted by Crippen LogP contribution is 2.27. The van der Waals surface area contributed by atoms with E-state index >= 15 is 0 Å². The summed E-state index contributed by atoms with van der Waals surface area (Å²) in [5.41, 5.74) is 1.39. The zero-order valence-electron chi connectivity index (χ0n) is 17.3. The Morgan fingerprint density at radius 3 is 1.47 bits per heavy atom. The highest BCUT2D eigenvalue weighted by molar-refractivity contribution is 6.43. The molecule has 2 amide bonds. The second kappa shape index (κ2) is 14.2. The van der Waals surface area contributed by atoms with Crippen LogP contribution in [0, 0.1) is 0 Å². The van der Waals surface area contributed by atoms with Gasteiger partial charge in [0.2, 0.25) is 11.8 Å². The number of halogens is 4. The van der Waals surface area contributed by atoms with Gasteiger partial charge in [0.1, 0.15) is 0 Å². The lowest BCUT2D eigenvalue weighted by Gasteiger charge is -2.04. The van der Waals surface area contributed by atoms with E-state index in [4.69, 9.17) is 46.4 Å². The monoisotopic (exact) mass is 512 g/mol. The van der Waals surface area contributed by atoms with Crippen molar-refractivity contribution in [2.45, 2.75) is 25.7 Å². The fourth-order valence-corrected chi connectivity index (χ4v) is 3.52. The largest absolute Gasteiger partial charge is 0.353 e. The Balaban J connectivity index is 1.55. The molecule has 0 aliphatic heterocycles. The minimum atomic E-state index is -0.181. The molecule has 2 rings (SSSR count). The van der Waals surface area contributed by atoms with Gasteiger partial charge in [-0.05, 0) is 48.3 Å². The molecular weight excluding hydrogens is 490 g/mol. The molecule has 0 radical (unpaired) electrons. The van der Waals surface area contributed by atoms with Crippen LogP contribution in [0.25, 0.3) is 12.2 Å². The van der Waals surface area contributed by atoms with Gasteiger partial charge >= 0.3 is 0 Å². The Morgan fingerprint density at radius 1 is 0.656 bits per heavy atom. The van der Waals surface area contributed by atoms with Crippen LogP contribution in [0.5, 0.6) is 0 Å². The standard InChI is InChI=1S/C24H24Cl4N2O2/c25-19-9-5-7-17(23(19)27)11-13-21(31)29-15-3-1-2-4-16-30-22(32)14-12-18-8-6-10-20(26)24(18)28/h5-14H,1-4,15-16H2,(H,29,31)(H,30,32)/b13-11+,14-12+. The van der Waals surface area contributed by atoms with Crippen molar-refractivity contribution in [3.05, 3.63) is 79.8 Å². The molecule has 2 aromatic carbocycles. The summed E-state index contributed by atoms with van der Waals surface area (Å²) >= 11 is 24.1. The van der Waals surface area contributed by atoms with Gasteiger partial charge in [-0.25, -0.2) is 0 Å². The molecule has 0 aromatic heterocycles. The molecule has 0 fully saturated rings. The molecule has 0 bridgehead atoms. The first-order chi connectivity index (χ1) is 15.4. The normalized spacial score (nSPS) is 11.2. The molecule has 8 heteroatoms. The van der Waals surface area contributed by atoms with Crippen molar-refractivity contribution >= 4 is 70.4 Å². The van der Waals surface area contributed by atoms with E-state index in [0.29, 0.717) is 44.3 Å². The van der Waals surface area contributed by atoms with Crippen molar-refractivity contribution in [3.8, 4) is 0 Å². The molecule has 0 spiro atoms. The molecule has 0 aliphatic rings. The summed E-state index contributed by atoms with van der Waals surface area (Å²) in [5, 5.41) is 7.42. The van der Waals surface area contributed by atoms with Gasteiger partial charge in [-0.15, -0.1) is 0 Å². The SMILES string of the molecule is O=C(/C=C/c1cccc(Cl)c1Cl)NCCCCCCNC(=O)/C=C/c1cccc(Cl)c1Cl. The lowest BCUT2D eigenvalue weighted by atomic mass is 10.2. The number of nitrogens with one attached hydrogen (secondary N) is 2. The molecule has 2 aromatic rings. The molecule has 0 saturated carbocycles. The van der Waals surface area contributed by atoms with Crippen LogP contribution in [0.3, 0.4) is 0 Å². The lowest BCUT2D eigenvalue weighted by molar-refractivity contribution is -0.117. The first-order valence-corrected chi connectivity index (χ1v) is 11.7. The summed E-state index contributed by atoms with van der Waals surface area (Å²) in [5.74, 6) is -0.361. The van der Waals surface area contributed by atoms with E-state index in [0.717, 1.165) is 25.7 Å². The number of amides is 2. The first-order valence-electron chi connectivity index (χ1n) is 10.2. The molecule has 0 aliphatic carbocycles. The maximum Gasteiger partial charge on any atom is 0.243 e. The van der Waals surface area contributed by atoms with Gasteiger partial charge in [0, 0.05) is 25.2 Å². The zero-order valence-corrected chi connectivity index (χ0v) is 20.4. The Bertz CT molecular complexity index is 910. The summed E-state index contributed by atoms with van der Waals surface area (Å²) < 4.78 is 0. The van der Waals surface area contributed by atoms with Gasteiger partial charge in [0.25, 0.3) is 0 Å². The van der Waals surface area contributed by atoms with Crippen molar-refractivity contribution < 1.29 is 9.59 Å². The maximum atomic E-state index is 11.9. The summed E-state index contributed by atoms with van der Waals surface area (Å²) in [6.45, 7) is 1.17. The predicted octanol–water partition coefficient (Wildman–Crippen LogP) is 6.82. The number of carbonyl (C=O) groups excluding carboxylic acids is 2. The van der Waals surface area contributed by atoms with Crippen molar-refractivity contribution in [1.82, 2.24) is 10.6 Å². The van der Waals surface area contributed by atoms with Gasteiger partial charge in [-0.1, -0.05) is 83.5 Å². The third kappa shape index (κ3) is 9.25. The van der Waals surface area contributed by atoms with E-state index in [2.05, 4.69) is 10.6 Å². The van der Waals surface area contributed by atoms with Crippen molar-refractivity contribution in [1.29, 1.82) is 0 Å². The van der Waals surface area contributed by atoms with Crippen LogP contribution in [0.1, 0.15) is 36.8 Å². The second-order valence-corrected chi connectivity index (χ2v) is 8.52. The number of hydrogen-bond acceptors (Lipinski definition) is 2. The Labute approximate surface area is 208 Å². The van der Waals surface area contributed by atoms with Crippen molar-refractivity contribution in [3.63, 3.8) is 0 Å². The molecule has 0 saturated heterocycles. The second-order valence-electron chi connectivity index (χ2n) is 6.95. The molecule has 4 nitrogen and oxygen atoms in total. The molecule has 0 unspecified atom stereocenters. The fourth-order valence-electron chi connectivity index (χ4n) is 2.77. The van der Waals surface area contributed by atoms with Crippen LogP contribution < -0.4 is 10.6 Å². The quantitative estimate of drug-likeness (QED) is 0.256. The van der Waals surface area contributed by atoms with E-state index in [1.54, 1.807) is 48.6 Å².